The summed E-state index contributed by atoms with van der Waals surface area (Å²) in [6.45, 7) is 0. The highest BCUT2D eigenvalue weighted by molar-refractivity contribution is 7.92. The third-order valence-corrected chi connectivity index (χ3v) is 3.94. The quantitative estimate of drug-likeness (QED) is 0.848. The Balaban J connectivity index is 2.30. The molecule has 2 aromatic rings. The lowest BCUT2D eigenvalue weighted by atomic mass is 10.3. The molecule has 0 aliphatic heterocycles. The van der Waals surface area contributed by atoms with Crippen molar-refractivity contribution in [1.82, 2.24) is 0 Å². The van der Waals surface area contributed by atoms with Crippen molar-refractivity contribution in [2.75, 3.05) is 17.6 Å². The predicted molar refractivity (Wildman–Crippen MR) is 74.6 cm³/mol. The highest BCUT2D eigenvalue weighted by atomic mass is 32.2. The van der Waals surface area contributed by atoms with Crippen LogP contribution in [0.3, 0.4) is 0 Å². The van der Waals surface area contributed by atoms with Gasteiger partial charge in [-0.3, -0.25) is 4.72 Å². The van der Waals surface area contributed by atoms with Gasteiger partial charge in [0.15, 0.2) is 0 Å². The Morgan fingerprint density at radius 1 is 1.15 bits per heavy atom. The molecule has 0 amide bonds. The average Bonchev–Trinajstić information content (AvgIpc) is 2.37. The minimum atomic E-state index is -3.80. The third kappa shape index (κ3) is 3.18. The van der Waals surface area contributed by atoms with Crippen molar-refractivity contribution < 1.29 is 17.5 Å². The molecule has 0 spiro atoms. The number of nitrogens with one attached hydrogen (secondary N) is 1. The fourth-order valence-electron chi connectivity index (χ4n) is 1.64. The monoisotopic (exact) mass is 296 g/mol. The number of methoxy groups -OCH3 is 1. The summed E-state index contributed by atoms with van der Waals surface area (Å²) < 4.78 is 44.6. The van der Waals surface area contributed by atoms with Crippen LogP contribution in [0.15, 0.2) is 47.4 Å². The highest BCUT2D eigenvalue weighted by Crippen LogP contribution is 2.21. The maximum atomic E-state index is 13.2. The fraction of sp³-hybridized carbons (Fsp3) is 0.0769. The number of hydrogen-bond donors (Lipinski definition) is 2. The first-order valence-corrected chi connectivity index (χ1v) is 7.12. The van der Waals surface area contributed by atoms with E-state index in [-0.39, 0.29) is 16.3 Å². The molecule has 0 aliphatic carbocycles. The normalized spacial score (nSPS) is 11.1. The van der Waals surface area contributed by atoms with Gasteiger partial charge in [0.25, 0.3) is 10.0 Å². The van der Waals surface area contributed by atoms with Crippen LogP contribution in [0, 0.1) is 5.82 Å². The number of halogens is 1. The number of benzene rings is 2. The summed E-state index contributed by atoms with van der Waals surface area (Å²) in [6, 6.07) is 9.32. The largest absolute Gasteiger partial charge is 0.497 e. The Kier molecular flexibility index (Phi) is 3.80. The number of nitrogen functional groups attached to an aromatic ring is 1. The summed E-state index contributed by atoms with van der Waals surface area (Å²) in [4.78, 5) is 0.0427. The zero-order chi connectivity index (χ0) is 14.8. The van der Waals surface area contributed by atoms with Crippen LogP contribution < -0.4 is 15.2 Å². The summed E-state index contributed by atoms with van der Waals surface area (Å²) >= 11 is 0. The van der Waals surface area contributed by atoms with Crippen LogP contribution in [0.4, 0.5) is 15.8 Å². The number of ether oxygens (including phenoxy) is 1. The molecule has 0 fully saturated rings. The molecule has 5 nitrogen and oxygen atoms in total. The van der Waals surface area contributed by atoms with E-state index in [0.29, 0.717) is 5.75 Å². The van der Waals surface area contributed by atoms with Gasteiger partial charge in [-0.25, -0.2) is 12.8 Å². The molecule has 0 saturated heterocycles. The molecule has 106 valence electrons. The third-order valence-electron chi connectivity index (χ3n) is 2.54. The SMILES string of the molecule is COc1ccc(S(=O)(=O)Nc2cc(N)cc(F)c2)cc1. The molecule has 20 heavy (non-hydrogen) atoms. The Bertz CT molecular complexity index is 695. The minimum Gasteiger partial charge on any atom is -0.497 e. The second-order valence-electron chi connectivity index (χ2n) is 4.05. The fourth-order valence-corrected chi connectivity index (χ4v) is 2.68. The van der Waals surface area contributed by atoms with Crippen LogP contribution >= 0.6 is 0 Å². The molecule has 3 N–H and O–H groups in total. The molecule has 7 heteroatoms. The number of sulfonamides is 1. The molecule has 0 heterocycles. The molecular formula is C13H13FN2O3S. The van der Waals surface area contributed by atoms with Crippen molar-refractivity contribution in [2.45, 2.75) is 4.90 Å². The number of nitrogens with two attached hydrogens (primary N) is 1. The van der Waals surface area contributed by atoms with Gasteiger partial charge >= 0.3 is 0 Å². The van der Waals surface area contributed by atoms with Gasteiger partial charge in [0.1, 0.15) is 11.6 Å². The van der Waals surface area contributed by atoms with Crippen LogP contribution in [0.1, 0.15) is 0 Å². The maximum Gasteiger partial charge on any atom is 0.261 e. The summed E-state index contributed by atoms with van der Waals surface area (Å²) in [6.07, 6.45) is 0. The standard InChI is InChI=1S/C13H13FN2O3S/c1-19-12-2-4-13(5-3-12)20(17,18)16-11-7-9(14)6-10(15)8-11/h2-8,16H,15H2,1H3. The highest BCUT2D eigenvalue weighted by Gasteiger charge is 2.14. The van der Waals surface area contributed by atoms with Gasteiger partial charge in [0.2, 0.25) is 0 Å². The van der Waals surface area contributed by atoms with Gasteiger partial charge in [-0.15, -0.1) is 0 Å². The minimum absolute atomic E-state index is 0.0427. The Hall–Kier alpha value is -2.28. The van der Waals surface area contributed by atoms with Crippen molar-refractivity contribution >= 4 is 21.4 Å². The Morgan fingerprint density at radius 3 is 2.35 bits per heavy atom. The van der Waals surface area contributed by atoms with E-state index in [1.54, 1.807) is 0 Å². The van der Waals surface area contributed by atoms with E-state index in [1.807, 2.05) is 0 Å². The van der Waals surface area contributed by atoms with Crippen molar-refractivity contribution in [3.8, 4) is 5.75 Å². The van der Waals surface area contributed by atoms with E-state index >= 15 is 0 Å². The van der Waals surface area contributed by atoms with Gasteiger partial charge in [-0.1, -0.05) is 0 Å². The molecule has 0 saturated carbocycles. The van der Waals surface area contributed by atoms with Crippen molar-refractivity contribution in [3.05, 3.63) is 48.3 Å². The van der Waals surface area contributed by atoms with E-state index in [9.17, 15) is 12.8 Å². The van der Waals surface area contributed by atoms with Crippen molar-refractivity contribution in [2.24, 2.45) is 0 Å². The molecule has 0 bridgehead atoms. The summed E-state index contributed by atoms with van der Waals surface area (Å²) in [5.74, 6) is -0.0728. The summed E-state index contributed by atoms with van der Waals surface area (Å²) in [5, 5.41) is 0. The molecule has 0 atom stereocenters. The first-order valence-electron chi connectivity index (χ1n) is 5.64. The van der Waals surface area contributed by atoms with Gasteiger partial charge in [0.05, 0.1) is 17.7 Å². The number of rotatable bonds is 4. The lowest BCUT2D eigenvalue weighted by molar-refractivity contribution is 0.414. The summed E-state index contributed by atoms with van der Waals surface area (Å²) in [7, 11) is -2.32. The maximum absolute atomic E-state index is 13.2. The van der Waals surface area contributed by atoms with Crippen LogP contribution in [-0.4, -0.2) is 15.5 Å². The van der Waals surface area contributed by atoms with E-state index in [4.69, 9.17) is 10.5 Å². The van der Waals surface area contributed by atoms with Crippen LogP contribution in [-0.2, 0) is 10.0 Å². The topological polar surface area (TPSA) is 81.4 Å². The molecular weight excluding hydrogens is 283 g/mol. The number of hydrogen-bond acceptors (Lipinski definition) is 4. The Labute approximate surface area is 116 Å². The van der Waals surface area contributed by atoms with Crippen LogP contribution in [0.2, 0.25) is 0 Å². The second kappa shape index (κ2) is 5.38. The molecule has 0 unspecified atom stereocenters. The summed E-state index contributed by atoms with van der Waals surface area (Å²) in [5.41, 5.74) is 5.67. The first kappa shape index (κ1) is 14.1. The van der Waals surface area contributed by atoms with Gasteiger partial charge in [-0.05, 0) is 42.5 Å². The van der Waals surface area contributed by atoms with Crippen LogP contribution in [0.5, 0.6) is 5.75 Å². The van der Waals surface area contributed by atoms with Crippen molar-refractivity contribution in [1.29, 1.82) is 0 Å². The molecule has 0 radical (unpaired) electrons. The zero-order valence-corrected chi connectivity index (χ0v) is 11.4. The number of anilines is 2. The predicted octanol–water partition coefficient (Wildman–Crippen LogP) is 2.22. The van der Waals surface area contributed by atoms with Gasteiger partial charge < -0.3 is 10.5 Å². The molecule has 2 aromatic carbocycles. The van der Waals surface area contributed by atoms with E-state index in [1.165, 1.54) is 37.4 Å². The molecule has 0 aromatic heterocycles. The van der Waals surface area contributed by atoms with E-state index in [0.717, 1.165) is 12.1 Å². The zero-order valence-electron chi connectivity index (χ0n) is 10.6. The molecule has 0 aliphatic rings. The Morgan fingerprint density at radius 2 is 1.80 bits per heavy atom. The smallest absolute Gasteiger partial charge is 0.261 e. The van der Waals surface area contributed by atoms with E-state index in [2.05, 4.69) is 4.72 Å². The van der Waals surface area contributed by atoms with Gasteiger partial charge in [-0.2, -0.15) is 0 Å². The average molecular weight is 296 g/mol. The first-order chi connectivity index (χ1) is 9.40. The lowest BCUT2D eigenvalue weighted by Gasteiger charge is -2.09. The molecule has 2 rings (SSSR count). The van der Waals surface area contributed by atoms with E-state index < -0.39 is 15.8 Å². The second-order valence-corrected chi connectivity index (χ2v) is 5.74. The van der Waals surface area contributed by atoms with Gasteiger partial charge in [0, 0.05) is 5.69 Å². The van der Waals surface area contributed by atoms with Crippen LogP contribution in [0.25, 0.3) is 0 Å². The lowest BCUT2D eigenvalue weighted by Crippen LogP contribution is -2.13. The van der Waals surface area contributed by atoms with Crippen molar-refractivity contribution in [3.63, 3.8) is 0 Å².